The summed E-state index contributed by atoms with van der Waals surface area (Å²) >= 11 is 0. The number of amides is 2. The van der Waals surface area contributed by atoms with Gasteiger partial charge in [-0.15, -0.1) is 0 Å². The molecular formula is C27H34FN9O3. The van der Waals surface area contributed by atoms with Gasteiger partial charge in [-0.1, -0.05) is 6.08 Å². The lowest BCUT2D eigenvalue weighted by atomic mass is 9.92. The highest BCUT2D eigenvalue weighted by atomic mass is 19.1. The maximum Gasteiger partial charge on any atom is 0.264 e. The number of nitrogens with two attached hydrogens (primary N) is 1. The molecule has 2 aromatic heterocycles. The van der Waals surface area contributed by atoms with Gasteiger partial charge in [0.1, 0.15) is 28.6 Å². The number of aliphatic imine (C=N–C) groups is 1. The highest BCUT2D eigenvalue weighted by molar-refractivity contribution is 6.47. The van der Waals surface area contributed by atoms with E-state index in [0.29, 0.717) is 66.3 Å². The Kier molecular flexibility index (Phi) is 8.49. The van der Waals surface area contributed by atoms with Crippen molar-refractivity contribution in [1.29, 1.82) is 5.26 Å². The van der Waals surface area contributed by atoms with Crippen molar-refractivity contribution >= 4 is 28.8 Å². The summed E-state index contributed by atoms with van der Waals surface area (Å²) in [5.74, 6) is 5.32. The van der Waals surface area contributed by atoms with Crippen LogP contribution in [0.15, 0.2) is 40.7 Å². The van der Waals surface area contributed by atoms with Crippen LogP contribution in [0.2, 0.25) is 0 Å². The first-order valence-corrected chi connectivity index (χ1v) is 13.0. The molecule has 12 nitrogen and oxygen atoms in total. The lowest BCUT2D eigenvalue weighted by molar-refractivity contribution is -0.162. The van der Waals surface area contributed by atoms with Gasteiger partial charge >= 0.3 is 0 Å². The summed E-state index contributed by atoms with van der Waals surface area (Å²) in [6.07, 6.45) is 7.41. The number of halogens is 1. The molecule has 2 saturated heterocycles. The minimum Gasteiger partial charge on any atom is -0.494 e. The second-order valence-corrected chi connectivity index (χ2v) is 10.3. The largest absolute Gasteiger partial charge is 0.494 e. The maximum absolute atomic E-state index is 15.3. The third kappa shape index (κ3) is 5.81. The van der Waals surface area contributed by atoms with Crippen LogP contribution in [-0.2, 0) is 9.59 Å². The Morgan fingerprint density at radius 3 is 2.62 bits per heavy atom. The Morgan fingerprint density at radius 2 is 2.02 bits per heavy atom. The summed E-state index contributed by atoms with van der Waals surface area (Å²) in [6.45, 7) is 2.66. The Hall–Kier alpha value is -4.31. The molecule has 0 atom stereocenters. The molecule has 0 saturated carbocycles. The van der Waals surface area contributed by atoms with Crippen molar-refractivity contribution in [2.24, 2.45) is 15.9 Å². The number of hydrogen-bond acceptors (Lipinski definition) is 9. The number of likely N-dealkylation sites (tertiary alicyclic amines) is 2. The van der Waals surface area contributed by atoms with E-state index in [4.69, 9.17) is 15.6 Å². The second kappa shape index (κ2) is 11.8. The fourth-order valence-corrected chi connectivity index (χ4v) is 4.96. The molecule has 13 heteroatoms. The molecule has 0 radical (unpaired) electrons. The normalized spacial score (nSPS) is 18.3. The van der Waals surface area contributed by atoms with Crippen LogP contribution in [0.4, 0.5) is 4.39 Å². The van der Waals surface area contributed by atoms with Gasteiger partial charge < -0.3 is 25.3 Å². The zero-order valence-corrected chi connectivity index (χ0v) is 23.2. The van der Waals surface area contributed by atoms with Gasteiger partial charge in [0.2, 0.25) is 11.6 Å². The third-order valence-electron chi connectivity index (χ3n) is 7.10. The van der Waals surface area contributed by atoms with Crippen LogP contribution in [0.1, 0.15) is 30.9 Å². The number of fused-ring (bicyclic) bond motifs is 1. The van der Waals surface area contributed by atoms with Crippen LogP contribution >= 0.6 is 0 Å². The van der Waals surface area contributed by atoms with Gasteiger partial charge in [-0.3, -0.25) is 14.6 Å². The Bertz CT molecular complexity index is 1410. The van der Waals surface area contributed by atoms with Crippen LogP contribution in [-0.4, -0.2) is 113 Å². The monoisotopic (exact) mass is 551 g/mol. The lowest BCUT2D eigenvalue weighted by Crippen LogP contribution is -2.68. The molecule has 40 heavy (non-hydrogen) atoms. The Labute approximate surface area is 232 Å². The van der Waals surface area contributed by atoms with Crippen molar-refractivity contribution in [1.82, 2.24) is 24.3 Å². The van der Waals surface area contributed by atoms with E-state index in [0.717, 1.165) is 0 Å². The fraction of sp³-hybridized carbons (Fsp3) is 0.481. The molecule has 2 amide bonds. The number of nitriles is 1. The van der Waals surface area contributed by atoms with Crippen molar-refractivity contribution in [3.8, 4) is 11.8 Å². The number of likely N-dealkylation sites (N-methyl/N-ethyl adjacent to an activating group) is 1. The summed E-state index contributed by atoms with van der Waals surface area (Å²) in [5, 5.41) is 17.5. The molecule has 0 aliphatic carbocycles. The van der Waals surface area contributed by atoms with E-state index in [2.05, 4.69) is 16.3 Å². The molecule has 2 fully saturated rings. The Balaban J connectivity index is 1.36. The molecule has 0 unspecified atom stereocenters. The predicted molar refractivity (Wildman–Crippen MR) is 148 cm³/mol. The number of hydrogen-bond donors (Lipinski definition) is 1. The highest BCUT2D eigenvalue weighted by Crippen LogP contribution is 2.30. The van der Waals surface area contributed by atoms with Crippen molar-refractivity contribution in [3.63, 3.8) is 0 Å². The van der Waals surface area contributed by atoms with Crippen LogP contribution < -0.4 is 10.6 Å². The van der Waals surface area contributed by atoms with Crippen molar-refractivity contribution in [2.75, 3.05) is 53.9 Å². The van der Waals surface area contributed by atoms with E-state index in [1.165, 1.54) is 33.7 Å². The van der Waals surface area contributed by atoms with Gasteiger partial charge in [0.15, 0.2) is 0 Å². The molecule has 0 bridgehead atoms. The van der Waals surface area contributed by atoms with E-state index < -0.39 is 11.6 Å². The SMILES string of the molecule is COc1cc(C(=NN)C(C)=NC2CCN(C(=O)C3(F)CN(C(=O)/C=C/CN(C)C)C3)CC2)cn2ncc(C#N)c12. The number of rotatable bonds is 8. The number of alkyl halides is 1. The first-order chi connectivity index (χ1) is 19.1. The van der Waals surface area contributed by atoms with Gasteiger partial charge in [0.25, 0.3) is 5.91 Å². The van der Waals surface area contributed by atoms with Crippen LogP contribution in [0.5, 0.6) is 5.75 Å². The quantitative estimate of drug-likeness (QED) is 0.223. The van der Waals surface area contributed by atoms with Crippen LogP contribution in [0.25, 0.3) is 5.52 Å². The number of methoxy groups -OCH3 is 1. The topological polar surface area (TPSA) is 145 Å². The second-order valence-electron chi connectivity index (χ2n) is 10.3. The summed E-state index contributed by atoms with van der Waals surface area (Å²) in [4.78, 5) is 34.7. The van der Waals surface area contributed by atoms with Crippen LogP contribution in [0.3, 0.4) is 0 Å². The Morgan fingerprint density at radius 1 is 1.32 bits per heavy atom. The number of piperidine rings is 1. The van der Waals surface area contributed by atoms with Gasteiger partial charge in [-0.05, 0) is 39.9 Å². The first kappa shape index (κ1) is 28.7. The van der Waals surface area contributed by atoms with Gasteiger partial charge in [0.05, 0.1) is 38.1 Å². The van der Waals surface area contributed by atoms with E-state index in [1.54, 1.807) is 25.3 Å². The van der Waals surface area contributed by atoms with Crippen molar-refractivity contribution in [3.05, 3.63) is 41.7 Å². The van der Waals surface area contributed by atoms with Crippen molar-refractivity contribution in [2.45, 2.75) is 31.5 Å². The molecule has 2 aliphatic rings. The summed E-state index contributed by atoms with van der Waals surface area (Å²) in [6, 6.07) is 3.73. The zero-order valence-electron chi connectivity index (χ0n) is 23.2. The van der Waals surface area contributed by atoms with Crippen LogP contribution in [0, 0.1) is 11.3 Å². The average Bonchev–Trinajstić information content (AvgIpc) is 3.34. The number of carbonyl (C=O) groups is 2. The number of hydrazone groups is 1. The van der Waals surface area contributed by atoms with E-state index >= 15 is 4.39 Å². The minimum atomic E-state index is -2.05. The zero-order chi connectivity index (χ0) is 29.0. The third-order valence-corrected chi connectivity index (χ3v) is 7.10. The minimum absolute atomic E-state index is 0.0989. The fourth-order valence-electron chi connectivity index (χ4n) is 4.96. The van der Waals surface area contributed by atoms with E-state index in [9.17, 15) is 14.9 Å². The smallest absolute Gasteiger partial charge is 0.264 e. The summed E-state index contributed by atoms with van der Waals surface area (Å²) in [5.41, 5.74) is 0.532. The van der Waals surface area contributed by atoms with Gasteiger partial charge in [-0.2, -0.15) is 15.5 Å². The van der Waals surface area contributed by atoms with Gasteiger partial charge in [-0.25, -0.2) is 8.91 Å². The molecule has 2 aromatic rings. The number of nitrogens with zero attached hydrogens (tertiary/aromatic N) is 8. The maximum atomic E-state index is 15.3. The number of carbonyl (C=O) groups excluding carboxylic acids is 2. The molecule has 212 valence electrons. The highest BCUT2D eigenvalue weighted by Gasteiger charge is 2.53. The number of pyridine rings is 1. The molecule has 2 aliphatic heterocycles. The lowest BCUT2D eigenvalue weighted by Gasteiger charge is -2.45. The van der Waals surface area contributed by atoms with E-state index in [1.807, 2.05) is 19.0 Å². The molecule has 4 heterocycles. The van der Waals surface area contributed by atoms with Crippen molar-refractivity contribution < 1.29 is 18.7 Å². The molecule has 0 spiro atoms. The summed E-state index contributed by atoms with van der Waals surface area (Å²) < 4.78 is 22.3. The molecular weight excluding hydrogens is 517 g/mol. The molecule has 4 rings (SSSR count). The summed E-state index contributed by atoms with van der Waals surface area (Å²) in [7, 11) is 5.28. The predicted octanol–water partition coefficient (Wildman–Crippen LogP) is 0.998. The van der Waals surface area contributed by atoms with Gasteiger partial charge in [0, 0.05) is 37.5 Å². The molecule has 0 aromatic carbocycles. The average molecular weight is 552 g/mol. The van der Waals surface area contributed by atoms with E-state index in [-0.39, 0.29) is 25.0 Å². The number of ether oxygens (including phenoxy) is 1. The standard InChI is InChI=1S/C27H34FN9O3/c1-18(24(33-30)19-12-22(40-4)25-20(13-29)14-31-37(25)15-19)32-21-7-10-35(11-8-21)26(39)27(28)16-36(17-27)23(38)6-5-9-34(2)3/h5-6,12,14-15,21H,7-11,16-17,30H2,1-4H3/b6-5+,32-18?,33-24?. The number of aromatic nitrogens is 2. The first-order valence-electron chi connectivity index (χ1n) is 13.0. The molecule has 2 N–H and O–H groups in total.